The summed E-state index contributed by atoms with van der Waals surface area (Å²) in [4.78, 5) is 53.3. The second-order valence-corrected chi connectivity index (χ2v) is 7.48. The van der Waals surface area contributed by atoms with E-state index in [4.69, 9.17) is 9.47 Å². The van der Waals surface area contributed by atoms with Crippen molar-refractivity contribution in [3.63, 3.8) is 0 Å². The number of pyridine rings is 2. The van der Waals surface area contributed by atoms with Crippen molar-refractivity contribution in [2.24, 2.45) is 0 Å². The van der Waals surface area contributed by atoms with Crippen LogP contribution in [-0.4, -0.2) is 39.4 Å². The Hall–Kier alpha value is -5.13. The molecule has 188 valence electrons. The molecule has 0 aliphatic carbocycles. The highest BCUT2D eigenvalue weighted by molar-refractivity contribution is 5.97. The lowest BCUT2D eigenvalue weighted by molar-refractivity contribution is 0.0727. The number of esters is 1. The number of amides is 1. The van der Waals surface area contributed by atoms with Crippen LogP contribution in [0.3, 0.4) is 0 Å². The second-order valence-electron chi connectivity index (χ2n) is 7.48. The number of rotatable bonds is 5. The Morgan fingerprint density at radius 3 is 2.57 bits per heavy atom. The van der Waals surface area contributed by atoms with E-state index >= 15 is 4.39 Å². The second kappa shape index (κ2) is 10.2. The van der Waals surface area contributed by atoms with Crippen molar-refractivity contribution < 1.29 is 37.7 Å². The number of ether oxygens (including phenoxy) is 2. The van der Waals surface area contributed by atoms with Gasteiger partial charge in [-0.25, -0.2) is 27.7 Å². The maximum absolute atomic E-state index is 15.2. The number of carbonyl (C=O) groups is 3. The van der Waals surface area contributed by atoms with Crippen LogP contribution >= 0.6 is 0 Å². The van der Waals surface area contributed by atoms with Crippen LogP contribution in [0, 0.1) is 11.6 Å². The summed E-state index contributed by atoms with van der Waals surface area (Å²) in [5.41, 5.74) is -1.88. The predicted molar refractivity (Wildman–Crippen MR) is 127 cm³/mol. The van der Waals surface area contributed by atoms with E-state index in [-0.39, 0.29) is 40.0 Å². The van der Waals surface area contributed by atoms with E-state index in [1.807, 2.05) is 0 Å². The van der Waals surface area contributed by atoms with E-state index in [1.165, 1.54) is 31.5 Å². The quantitative estimate of drug-likeness (QED) is 0.293. The van der Waals surface area contributed by atoms with E-state index in [0.29, 0.717) is 4.57 Å². The van der Waals surface area contributed by atoms with Crippen LogP contribution in [0.4, 0.5) is 24.1 Å². The number of aromatic nitrogens is 2. The molecule has 0 spiro atoms. The van der Waals surface area contributed by atoms with Gasteiger partial charge in [-0.1, -0.05) is 0 Å². The molecule has 1 amide bonds. The zero-order valence-corrected chi connectivity index (χ0v) is 19.0. The molecular formula is C25H17F2N3O7. The number of carboxylic acid groups (broad SMARTS) is 1. The Kier molecular flexibility index (Phi) is 6.91. The van der Waals surface area contributed by atoms with Crippen LogP contribution in [0.1, 0.15) is 17.3 Å². The number of anilines is 1. The monoisotopic (exact) mass is 509 g/mol. The molecule has 4 aromatic rings. The first-order valence-corrected chi connectivity index (χ1v) is 10.7. The van der Waals surface area contributed by atoms with Gasteiger partial charge in [-0.15, -0.1) is 0 Å². The topological polar surface area (TPSA) is 137 Å². The highest BCUT2D eigenvalue weighted by Crippen LogP contribution is 2.35. The van der Waals surface area contributed by atoms with Gasteiger partial charge in [0.15, 0.2) is 17.0 Å². The van der Waals surface area contributed by atoms with Gasteiger partial charge < -0.3 is 14.6 Å². The van der Waals surface area contributed by atoms with Crippen molar-refractivity contribution >= 4 is 34.7 Å². The van der Waals surface area contributed by atoms with Crippen LogP contribution in [0.5, 0.6) is 5.75 Å². The van der Waals surface area contributed by atoms with Crippen LogP contribution in [0.15, 0.2) is 65.7 Å². The highest BCUT2D eigenvalue weighted by Gasteiger charge is 2.23. The molecule has 0 aliphatic heterocycles. The van der Waals surface area contributed by atoms with Crippen LogP contribution < -0.4 is 15.5 Å². The summed E-state index contributed by atoms with van der Waals surface area (Å²) in [5.74, 6) is -3.50. The first-order chi connectivity index (χ1) is 17.7. The number of halogens is 2. The number of carbonyl (C=O) groups excluding carboxylic acids is 2. The average molecular weight is 509 g/mol. The highest BCUT2D eigenvalue weighted by atomic mass is 19.1. The van der Waals surface area contributed by atoms with Crippen LogP contribution in [0.25, 0.3) is 22.2 Å². The molecule has 0 atom stereocenters. The van der Waals surface area contributed by atoms with Crippen LogP contribution in [-0.2, 0) is 4.74 Å². The van der Waals surface area contributed by atoms with Crippen LogP contribution in [0.2, 0.25) is 0 Å². The summed E-state index contributed by atoms with van der Waals surface area (Å²) >= 11 is 0. The van der Waals surface area contributed by atoms with Gasteiger partial charge in [-0.3, -0.25) is 15.1 Å². The molecule has 2 N–H and O–H groups in total. The van der Waals surface area contributed by atoms with Crippen molar-refractivity contribution in [2.45, 2.75) is 6.92 Å². The van der Waals surface area contributed by atoms with Gasteiger partial charge in [0.05, 0.1) is 29.1 Å². The Morgan fingerprint density at radius 2 is 1.89 bits per heavy atom. The largest absolute Gasteiger partial charge is 0.464 e. The van der Waals surface area contributed by atoms with Gasteiger partial charge in [-0.2, -0.15) is 0 Å². The summed E-state index contributed by atoms with van der Waals surface area (Å²) in [5, 5.41) is 12.1. The smallest absolute Gasteiger partial charge is 0.416 e. The SMILES string of the molecule is CCOC(=O)Nc1cc(OC(=O)c2cccnc2)c(F)cc1-c1cc(=O)c2ccc(F)cc2n1C(=O)O. The van der Waals surface area contributed by atoms with E-state index in [2.05, 4.69) is 10.3 Å². The van der Waals surface area contributed by atoms with Gasteiger partial charge in [0, 0.05) is 35.5 Å². The zero-order chi connectivity index (χ0) is 26.7. The Morgan fingerprint density at radius 1 is 1.11 bits per heavy atom. The third-order valence-electron chi connectivity index (χ3n) is 5.13. The lowest BCUT2D eigenvalue weighted by Gasteiger charge is -2.18. The molecular weight excluding hydrogens is 492 g/mol. The molecule has 2 aromatic carbocycles. The minimum atomic E-state index is -1.61. The van der Waals surface area contributed by atoms with E-state index in [0.717, 1.165) is 36.4 Å². The molecule has 0 unspecified atom stereocenters. The Balaban J connectivity index is 1.93. The van der Waals surface area contributed by atoms with Gasteiger partial charge >= 0.3 is 18.2 Å². The lowest BCUT2D eigenvalue weighted by Crippen LogP contribution is -2.20. The number of hydrogen-bond acceptors (Lipinski definition) is 7. The number of fused-ring (bicyclic) bond motifs is 1. The maximum atomic E-state index is 15.2. The first kappa shape index (κ1) is 25.0. The molecule has 0 bridgehead atoms. The fourth-order valence-electron chi connectivity index (χ4n) is 3.57. The fourth-order valence-corrected chi connectivity index (χ4v) is 3.57. The summed E-state index contributed by atoms with van der Waals surface area (Å²) in [6.45, 7) is 1.51. The molecule has 2 aromatic heterocycles. The molecule has 2 heterocycles. The normalized spacial score (nSPS) is 10.7. The standard InChI is InChI=1S/C25H17F2N3O7/c1-2-36-24(33)29-18-10-22(37-23(32)13-4-3-7-28-12-13)17(27)9-16(18)20-11-21(31)15-6-5-14(26)8-19(15)30(20)25(34)35/h3-12H,2H2,1H3,(H,29,33)(H,34,35). The molecule has 0 aliphatic rings. The Labute approximate surface area is 206 Å². The van der Waals surface area contributed by atoms with Gasteiger partial charge in [0.1, 0.15) is 5.82 Å². The van der Waals surface area contributed by atoms with Gasteiger partial charge in [0.2, 0.25) is 0 Å². The summed E-state index contributed by atoms with van der Waals surface area (Å²) in [7, 11) is 0. The van der Waals surface area contributed by atoms with Crippen molar-refractivity contribution in [1.82, 2.24) is 9.55 Å². The molecule has 0 fully saturated rings. The third-order valence-corrected chi connectivity index (χ3v) is 5.13. The van der Waals surface area contributed by atoms with E-state index in [9.17, 15) is 28.7 Å². The van der Waals surface area contributed by atoms with Gasteiger partial charge in [0.25, 0.3) is 0 Å². The van der Waals surface area contributed by atoms with Crippen molar-refractivity contribution in [3.8, 4) is 17.0 Å². The predicted octanol–water partition coefficient (Wildman–Crippen LogP) is 4.66. The lowest BCUT2D eigenvalue weighted by atomic mass is 10.0. The minimum absolute atomic E-state index is 0.0159. The number of hydrogen-bond donors (Lipinski definition) is 2. The minimum Gasteiger partial charge on any atom is -0.464 e. The molecule has 0 saturated heterocycles. The number of nitrogens with one attached hydrogen (secondary N) is 1. The van der Waals surface area contributed by atoms with Crippen molar-refractivity contribution in [1.29, 1.82) is 0 Å². The zero-order valence-electron chi connectivity index (χ0n) is 19.0. The summed E-state index contributed by atoms with van der Waals surface area (Å²) < 4.78 is 39.7. The molecule has 4 rings (SSSR count). The maximum Gasteiger partial charge on any atom is 0.416 e. The molecule has 10 nitrogen and oxygen atoms in total. The number of nitrogens with zero attached hydrogens (tertiary/aromatic N) is 2. The summed E-state index contributed by atoms with van der Waals surface area (Å²) in [6.07, 6.45) is 0.0213. The first-order valence-electron chi connectivity index (χ1n) is 10.7. The number of benzene rings is 2. The van der Waals surface area contributed by atoms with E-state index < -0.39 is 41.0 Å². The van der Waals surface area contributed by atoms with Crippen molar-refractivity contribution in [2.75, 3.05) is 11.9 Å². The average Bonchev–Trinajstić information content (AvgIpc) is 2.86. The Bertz CT molecular complexity index is 1600. The molecule has 37 heavy (non-hydrogen) atoms. The summed E-state index contributed by atoms with van der Waals surface area (Å²) in [6, 6.07) is 8.42. The third kappa shape index (κ3) is 5.12. The molecule has 0 radical (unpaired) electrons. The fraction of sp³-hybridized carbons (Fsp3) is 0.0800. The molecule has 12 heteroatoms. The molecule has 0 saturated carbocycles. The van der Waals surface area contributed by atoms with E-state index in [1.54, 1.807) is 0 Å². The van der Waals surface area contributed by atoms with Gasteiger partial charge in [-0.05, 0) is 43.3 Å². The van der Waals surface area contributed by atoms with Crippen molar-refractivity contribution in [3.05, 3.63) is 88.3 Å².